The van der Waals surface area contributed by atoms with Crippen molar-refractivity contribution in [3.63, 3.8) is 0 Å². The van der Waals surface area contributed by atoms with Gasteiger partial charge in [-0.3, -0.25) is 9.69 Å². The second-order valence-corrected chi connectivity index (χ2v) is 7.11. The molecule has 26 heavy (non-hydrogen) atoms. The minimum absolute atomic E-state index is 0.0991. The van der Waals surface area contributed by atoms with Crippen molar-refractivity contribution in [1.82, 2.24) is 20.1 Å². The van der Waals surface area contributed by atoms with E-state index < -0.39 is 0 Å². The normalized spacial score (nSPS) is 22.3. The third kappa shape index (κ3) is 3.19. The lowest BCUT2D eigenvalue weighted by molar-refractivity contribution is -0.129. The summed E-state index contributed by atoms with van der Waals surface area (Å²) in [6.45, 7) is 4.02. The first-order chi connectivity index (χ1) is 12.7. The molecule has 1 aromatic carbocycles. The second kappa shape index (κ2) is 7.07. The topological polar surface area (TPSA) is 78.7 Å². The van der Waals surface area contributed by atoms with Crippen LogP contribution in [-0.2, 0) is 4.79 Å². The minimum atomic E-state index is -0.357. The highest BCUT2D eigenvalue weighted by Gasteiger charge is 2.38. The van der Waals surface area contributed by atoms with Crippen LogP contribution in [0.25, 0.3) is 11.1 Å². The molecule has 3 heterocycles. The molecule has 0 radical (unpaired) electrons. The van der Waals surface area contributed by atoms with Crippen LogP contribution >= 0.6 is 0 Å². The van der Waals surface area contributed by atoms with E-state index in [0.717, 1.165) is 49.3 Å². The Balaban J connectivity index is 1.35. The van der Waals surface area contributed by atoms with E-state index >= 15 is 0 Å². The van der Waals surface area contributed by atoms with Crippen molar-refractivity contribution in [2.45, 2.75) is 44.6 Å². The van der Waals surface area contributed by atoms with Gasteiger partial charge in [-0.05, 0) is 31.4 Å². The number of piperidine rings is 1. The zero-order valence-electron chi connectivity index (χ0n) is 15.0. The molecule has 138 valence electrons. The first-order valence-electron chi connectivity index (χ1n) is 9.35. The lowest BCUT2D eigenvalue weighted by Gasteiger charge is -2.32. The lowest BCUT2D eigenvalue weighted by Crippen LogP contribution is -2.45. The number of hydrogen-bond acceptors (Lipinski definition) is 5. The van der Waals surface area contributed by atoms with Gasteiger partial charge in [-0.1, -0.05) is 25.5 Å². The summed E-state index contributed by atoms with van der Waals surface area (Å²) in [6.07, 6.45) is 3.39. The fourth-order valence-electron chi connectivity index (χ4n) is 3.78. The average Bonchev–Trinajstić information content (AvgIpc) is 3.19. The summed E-state index contributed by atoms with van der Waals surface area (Å²) in [5.74, 6) is 0.983. The van der Waals surface area contributed by atoms with Crippen LogP contribution in [-0.4, -0.2) is 52.5 Å². The number of urea groups is 1. The molecule has 2 aliphatic heterocycles. The largest absolute Gasteiger partial charge is 0.440 e. The number of para-hydroxylation sites is 2. The molecule has 7 nitrogen and oxygen atoms in total. The van der Waals surface area contributed by atoms with E-state index in [-0.39, 0.29) is 23.9 Å². The van der Waals surface area contributed by atoms with Gasteiger partial charge in [0.25, 0.3) is 5.91 Å². The highest BCUT2D eigenvalue weighted by atomic mass is 16.3. The van der Waals surface area contributed by atoms with Crippen molar-refractivity contribution in [3.05, 3.63) is 30.2 Å². The monoisotopic (exact) mass is 356 g/mol. The Morgan fingerprint density at radius 3 is 2.73 bits per heavy atom. The number of likely N-dealkylation sites (tertiary alicyclic amines) is 1. The maximum atomic E-state index is 12.4. The van der Waals surface area contributed by atoms with Crippen LogP contribution in [0.4, 0.5) is 4.79 Å². The Labute approximate surface area is 152 Å². The van der Waals surface area contributed by atoms with Gasteiger partial charge in [0.05, 0.1) is 6.67 Å². The van der Waals surface area contributed by atoms with Gasteiger partial charge in [-0.15, -0.1) is 0 Å². The molecule has 1 unspecified atom stereocenters. The van der Waals surface area contributed by atoms with Crippen LogP contribution in [0.15, 0.2) is 28.7 Å². The number of nitrogens with one attached hydrogen (secondary N) is 1. The fourth-order valence-corrected chi connectivity index (χ4v) is 3.78. The van der Waals surface area contributed by atoms with Crippen molar-refractivity contribution in [2.75, 3.05) is 19.8 Å². The first-order valence-corrected chi connectivity index (χ1v) is 9.35. The molecule has 2 aliphatic rings. The third-order valence-corrected chi connectivity index (χ3v) is 5.27. The molecule has 1 N–H and O–H groups in total. The number of amides is 3. The molecule has 1 aromatic heterocycles. The number of oxazole rings is 1. The summed E-state index contributed by atoms with van der Waals surface area (Å²) in [5, 5.41) is 2.78. The van der Waals surface area contributed by atoms with Crippen LogP contribution in [0.3, 0.4) is 0 Å². The van der Waals surface area contributed by atoms with Gasteiger partial charge in [0.1, 0.15) is 11.6 Å². The molecule has 3 amide bonds. The number of benzene rings is 1. The summed E-state index contributed by atoms with van der Waals surface area (Å²) in [5.41, 5.74) is 1.72. The second-order valence-electron chi connectivity index (χ2n) is 7.11. The van der Waals surface area contributed by atoms with Crippen molar-refractivity contribution in [2.24, 2.45) is 0 Å². The Morgan fingerprint density at radius 2 is 2.00 bits per heavy atom. The van der Waals surface area contributed by atoms with E-state index in [1.807, 2.05) is 31.2 Å². The van der Waals surface area contributed by atoms with E-state index in [1.54, 1.807) is 0 Å². The van der Waals surface area contributed by atoms with Crippen molar-refractivity contribution < 1.29 is 14.0 Å². The molecule has 0 spiro atoms. The Morgan fingerprint density at radius 1 is 1.23 bits per heavy atom. The Kier molecular flexibility index (Phi) is 4.63. The molecule has 1 atom stereocenters. The molecule has 7 heteroatoms. The molecule has 2 aromatic rings. The number of hydrogen-bond donors (Lipinski definition) is 1. The predicted octanol–water partition coefficient (Wildman–Crippen LogP) is 2.69. The third-order valence-electron chi connectivity index (χ3n) is 5.27. The smallest absolute Gasteiger partial charge is 0.325 e. The van der Waals surface area contributed by atoms with Gasteiger partial charge in [-0.25, -0.2) is 14.7 Å². The van der Waals surface area contributed by atoms with Gasteiger partial charge in [0.2, 0.25) is 0 Å². The maximum absolute atomic E-state index is 12.4. The van der Waals surface area contributed by atoms with E-state index in [9.17, 15) is 9.59 Å². The maximum Gasteiger partial charge on any atom is 0.325 e. The minimum Gasteiger partial charge on any atom is -0.440 e. The molecule has 0 aliphatic carbocycles. The van der Waals surface area contributed by atoms with Crippen molar-refractivity contribution in [1.29, 1.82) is 0 Å². The fraction of sp³-hybridized carbons (Fsp3) is 0.526. The van der Waals surface area contributed by atoms with E-state index in [0.29, 0.717) is 13.1 Å². The highest BCUT2D eigenvalue weighted by molar-refractivity contribution is 6.04. The van der Waals surface area contributed by atoms with Crippen LogP contribution in [0.5, 0.6) is 0 Å². The Bertz CT molecular complexity index is 777. The molecule has 0 saturated carbocycles. The van der Waals surface area contributed by atoms with E-state index in [2.05, 4.69) is 15.2 Å². The molecule has 4 rings (SSSR count). The SMILES string of the molecule is CCCC1NC(=O)N(CN2CCC(c3nc4ccccc4o3)CC2)C1=O. The standard InChI is InChI=1S/C19H24N4O3/c1-2-5-15-18(24)23(19(25)21-15)12-22-10-8-13(9-11-22)17-20-14-6-3-4-7-16(14)26-17/h3-4,6-7,13,15H,2,5,8-12H2,1H3,(H,21,25). The number of carbonyl (C=O) groups excluding carboxylic acids is 2. The number of rotatable bonds is 5. The zero-order chi connectivity index (χ0) is 18.1. The van der Waals surface area contributed by atoms with E-state index in [1.165, 1.54) is 4.90 Å². The number of carbonyl (C=O) groups is 2. The van der Waals surface area contributed by atoms with E-state index in [4.69, 9.17) is 4.42 Å². The Hall–Kier alpha value is -2.41. The quantitative estimate of drug-likeness (QED) is 0.834. The van der Waals surface area contributed by atoms with Gasteiger partial charge >= 0.3 is 6.03 Å². The summed E-state index contributed by atoms with van der Waals surface area (Å²) in [6, 6.07) is 7.18. The van der Waals surface area contributed by atoms with Crippen LogP contribution in [0.1, 0.15) is 44.4 Å². The van der Waals surface area contributed by atoms with Gasteiger partial charge in [0, 0.05) is 19.0 Å². The highest BCUT2D eigenvalue weighted by Crippen LogP contribution is 2.30. The number of nitrogens with zero attached hydrogens (tertiary/aromatic N) is 3. The van der Waals surface area contributed by atoms with Crippen molar-refractivity contribution in [3.8, 4) is 0 Å². The summed E-state index contributed by atoms with van der Waals surface area (Å²) < 4.78 is 5.89. The summed E-state index contributed by atoms with van der Waals surface area (Å²) in [7, 11) is 0. The number of imide groups is 1. The molecule has 0 bridgehead atoms. The molecular weight excluding hydrogens is 332 g/mol. The number of aromatic nitrogens is 1. The van der Waals surface area contributed by atoms with Gasteiger partial charge in [-0.2, -0.15) is 0 Å². The van der Waals surface area contributed by atoms with Crippen LogP contribution in [0.2, 0.25) is 0 Å². The molecular formula is C19H24N4O3. The summed E-state index contributed by atoms with van der Waals surface area (Å²) in [4.78, 5) is 32.5. The van der Waals surface area contributed by atoms with Gasteiger partial charge in [0.15, 0.2) is 11.5 Å². The lowest BCUT2D eigenvalue weighted by atomic mass is 9.97. The van der Waals surface area contributed by atoms with Gasteiger partial charge < -0.3 is 9.73 Å². The zero-order valence-corrected chi connectivity index (χ0v) is 15.0. The van der Waals surface area contributed by atoms with Crippen molar-refractivity contribution >= 4 is 23.0 Å². The first kappa shape index (κ1) is 17.0. The molecule has 2 saturated heterocycles. The summed E-state index contributed by atoms with van der Waals surface area (Å²) >= 11 is 0. The number of fused-ring (bicyclic) bond motifs is 1. The predicted molar refractivity (Wildman–Crippen MR) is 96.5 cm³/mol. The van der Waals surface area contributed by atoms with Crippen LogP contribution in [0, 0.1) is 0 Å². The molecule has 2 fully saturated rings. The average molecular weight is 356 g/mol. The van der Waals surface area contributed by atoms with Crippen LogP contribution < -0.4 is 5.32 Å².